The zero-order chi connectivity index (χ0) is 22.0. The molecule has 30 heavy (non-hydrogen) atoms. The second-order valence-electron chi connectivity index (χ2n) is 7.11. The Morgan fingerprint density at radius 1 is 1.13 bits per heavy atom. The normalized spacial score (nSPS) is 19.8. The number of carbonyl (C=O) groups is 1. The number of aromatic nitrogens is 2. The summed E-state index contributed by atoms with van der Waals surface area (Å²) in [7, 11) is 0. The minimum absolute atomic E-state index is 0.0335. The second kappa shape index (κ2) is 6.84. The number of nitrogens with zero attached hydrogens (tertiary/aromatic N) is 2. The summed E-state index contributed by atoms with van der Waals surface area (Å²) in [4.78, 5) is 16.8. The Labute approximate surface area is 178 Å². The Morgan fingerprint density at radius 3 is 2.33 bits per heavy atom. The topological polar surface area (TPSA) is 79.2 Å². The molecule has 0 bridgehead atoms. The minimum atomic E-state index is -5.13. The van der Waals surface area contributed by atoms with Gasteiger partial charge in [-0.1, -0.05) is 23.2 Å². The van der Waals surface area contributed by atoms with Gasteiger partial charge in [0.2, 0.25) is 5.95 Å². The molecule has 2 aromatic carbocycles. The van der Waals surface area contributed by atoms with Crippen LogP contribution in [0, 0.1) is 13.8 Å². The zero-order valence-electron chi connectivity index (χ0n) is 15.6. The lowest BCUT2D eigenvalue weighted by atomic mass is 10.1. The van der Waals surface area contributed by atoms with Gasteiger partial charge in [0, 0.05) is 10.0 Å². The van der Waals surface area contributed by atoms with Crippen molar-refractivity contribution >= 4 is 46.1 Å². The number of carbonyl (C=O) groups excluding carboxylic acids is 1. The molecule has 1 aliphatic rings. The molecule has 1 aliphatic heterocycles. The van der Waals surface area contributed by atoms with E-state index in [9.17, 15) is 23.1 Å². The lowest BCUT2D eigenvalue weighted by molar-refractivity contribution is -0.225. The third-order valence-corrected chi connectivity index (χ3v) is 5.55. The first-order valence-corrected chi connectivity index (χ1v) is 9.50. The van der Waals surface area contributed by atoms with Crippen LogP contribution in [0.5, 0.6) is 0 Å². The number of halogens is 5. The van der Waals surface area contributed by atoms with Crippen LogP contribution in [-0.4, -0.2) is 26.7 Å². The van der Waals surface area contributed by atoms with Crippen molar-refractivity contribution in [3.05, 3.63) is 57.1 Å². The lowest BCUT2D eigenvalue weighted by Gasteiger charge is -2.34. The van der Waals surface area contributed by atoms with Gasteiger partial charge in [-0.05, 0) is 60.9 Å². The fourth-order valence-corrected chi connectivity index (χ4v) is 4.07. The number of amides is 1. The van der Waals surface area contributed by atoms with E-state index in [1.165, 1.54) is 24.3 Å². The average Bonchev–Trinajstić information content (AvgIpc) is 3.08. The molecular formula is C19H15Cl2F3N4O2. The number of imidazole rings is 1. The predicted molar refractivity (Wildman–Crippen MR) is 106 cm³/mol. The molecule has 6 nitrogen and oxygen atoms in total. The lowest BCUT2D eigenvalue weighted by Crippen LogP contribution is -2.62. The van der Waals surface area contributed by atoms with Gasteiger partial charge in [0.15, 0.2) is 0 Å². The molecule has 1 amide bonds. The molecule has 2 unspecified atom stereocenters. The number of aliphatic hydroxyl groups is 1. The molecule has 3 N–H and O–H groups in total. The predicted octanol–water partition coefficient (Wildman–Crippen LogP) is 4.41. The summed E-state index contributed by atoms with van der Waals surface area (Å²) in [5.74, 6) is -1.69. The molecule has 4 rings (SSSR count). The first-order chi connectivity index (χ1) is 13.9. The number of anilines is 1. The van der Waals surface area contributed by atoms with Crippen LogP contribution in [0.4, 0.5) is 19.1 Å². The van der Waals surface area contributed by atoms with Crippen LogP contribution in [0.15, 0.2) is 30.3 Å². The van der Waals surface area contributed by atoms with E-state index in [0.717, 1.165) is 15.7 Å². The minimum Gasteiger partial charge on any atom is -0.374 e. The summed E-state index contributed by atoms with van der Waals surface area (Å²) in [5, 5.41) is 15.0. The van der Waals surface area contributed by atoms with Crippen molar-refractivity contribution in [3.63, 3.8) is 0 Å². The van der Waals surface area contributed by atoms with Crippen LogP contribution in [0.3, 0.4) is 0 Å². The molecular weight excluding hydrogens is 444 g/mol. The van der Waals surface area contributed by atoms with E-state index < -0.39 is 24.0 Å². The van der Waals surface area contributed by atoms with Gasteiger partial charge < -0.3 is 5.11 Å². The van der Waals surface area contributed by atoms with Crippen molar-refractivity contribution in [1.29, 1.82) is 0 Å². The van der Waals surface area contributed by atoms with Gasteiger partial charge in [-0.3, -0.25) is 14.7 Å². The van der Waals surface area contributed by atoms with E-state index in [0.29, 0.717) is 0 Å². The Hall–Kier alpha value is -2.33. The van der Waals surface area contributed by atoms with Gasteiger partial charge in [-0.25, -0.2) is 10.3 Å². The van der Waals surface area contributed by atoms with Gasteiger partial charge >= 0.3 is 6.18 Å². The number of nitrogens with one attached hydrogen (secondary N) is 2. The Bertz CT molecular complexity index is 1170. The Morgan fingerprint density at radius 2 is 1.73 bits per heavy atom. The molecule has 11 heteroatoms. The van der Waals surface area contributed by atoms with Crippen molar-refractivity contribution in [1.82, 2.24) is 14.9 Å². The maximum Gasteiger partial charge on any atom is 0.435 e. The quantitative estimate of drug-likeness (QED) is 0.508. The van der Waals surface area contributed by atoms with Crippen LogP contribution in [0.1, 0.15) is 22.9 Å². The number of aryl methyl sites for hydroxylation is 2. The van der Waals surface area contributed by atoms with Gasteiger partial charge in [0.05, 0.1) is 11.0 Å². The van der Waals surface area contributed by atoms with E-state index >= 15 is 0 Å². The molecule has 0 saturated heterocycles. The molecule has 2 heterocycles. The maximum atomic E-state index is 14.4. The molecule has 0 fully saturated rings. The SMILES string of the molecule is Cc1cc2nc3n(c2cc1C)C(NC(O)c1cc(Cl)cc(Cl)c1)(C(F)(F)F)C(=O)N3. The van der Waals surface area contributed by atoms with Crippen molar-refractivity contribution in [3.8, 4) is 0 Å². The number of rotatable bonds is 3. The highest BCUT2D eigenvalue weighted by atomic mass is 35.5. The number of hydrogen-bond donors (Lipinski definition) is 3. The van der Waals surface area contributed by atoms with E-state index in [-0.39, 0.29) is 32.6 Å². The Balaban J connectivity index is 1.92. The summed E-state index contributed by atoms with van der Waals surface area (Å²) < 4.78 is 44.0. The van der Waals surface area contributed by atoms with E-state index in [1.807, 2.05) is 5.32 Å². The number of aliphatic hydroxyl groups excluding tert-OH is 1. The second-order valence-corrected chi connectivity index (χ2v) is 7.98. The standard InChI is InChI=1S/C19H15Cl2F3N4O2/c1-8-3-13-14(4-9(8)2)28-17(25-13)26-16(30)18(28,19(22,23)24)27-15(29)10-5-11(20)7-12(21)6-10/h3-7,15,27,29H,1-2H3,(H,25,26,30). The third kappa shape index (κ3) is 3.04. The van der Waals surface area contributed by atoms with Crippen molar-refractivity contribution < 1.29 is 23.1 Å². The van der Waals surface area contributed by atoms with Gasteiger partial charge in [0.1, 0.15) is 6.23 Å². The van der Waals surface area contributed by atoms with Crippen LogP contribution in [-0.2, 0) is 10.5 Å². The smallest absolute Gasteiger partial charge is 0.374 e. The summed E-state index contributed by atoms with van der Waals surface area (Å²) in [5.41, 5.74) is -1.40. The molecule has 0 aliphatic carbocycles. The largest absolute Gasteiger partial charge is 0.435 e. The van der Waals surface area contributed by atoms with E-state index in [1.54, 1.807) is 19.9 Å². The molecule has 2 atom stereocenters. The first kappa shape index (κ1) is 20.9. The third-order valence-electron chi connectivity index (χ3n) is 5.12. The van der Waals surface area contributed by atoms with Crippen molar-refractivity contribution in [2.24, 2.45) is 0 Å². The number of benzene rings is 2. The first-order valence-electron chi connectivity index (χ1n) is 8.74. The van der Waals surface area contributed by atoms with Gasteiger partial charge in [0.25, 0.3) is 11.6 Å². The zero-order valence-corrected chi connectivity index (χ0v) is 17.1. The summed E-state index contributed by atoms with van der Waals surface area (Å²) in [6, 6.07) is 7.03. The van der Waals surface area contributed by atoms with E-state index in [4.69, 9.17) is 23.2 Å². The van der Waals surface area contributed by atoms with Crippen LogP contribution in [0.2, 0.25) is 10.0 Å². The fourth-order valence-electron chi connectivity index (χ4n) is 3.53. The highest BCUT2D eigenvalue weighted by Gasteiger charge is 2.67. The average molecular weight is 459 g/mol. The Kier molecular flexibility index (Phi) is 4.77. The maximum absolute atomic E-state index is 14.4. The molecule has 1 aromatic heterocycles. The fraction of sp³-hybridized carbons (Fsp3) is 0.263. The van der Waals surface area contributed by atoms with E-state index in [2.05, 4.69) is 10.3 Å². The summed E-state index contributed by atoms with van der Waals surface area (Å²) in [6.45, 7) is 3.55. The van der Waals surface area contributed by atoms with Gasteiger partial charge in [-0.2, -0.15) is 13.2 Å². The number of alkyl halides is 3. The molecule has 158 valence electrons. The van der Waals surface area contributed by atoms with Gasteiger partial charge in [-0.15, -0.1) is 0 Å². The summed E-state index contributed by atoms with van der Waals surface area (Å²) in [6.07, 6.45) is -7.04. The van der Waals surface area contributed by atoms with Crippen LogP contribution >= 0.6 is 23.2 Å². The highest BCUT2D eigenvalue weighted by Crippen LogP contribution is 2.45. The number of hydrogen-bond acceptors (Lipinski definition) is 4. The molecule has 0 saturated carbocycles. The molecule has 0 spiro atoms. The molecule has 0 radical (unpaired) electrons. The summed E-state index contributed by atoms with van der Waals surface area (Å²) >= 11 is 11.8. The highest BCUT2D eigenvalue weighted by molar-refractivity contribution is 6.34. The molecule has 3 aromatic rings. The van der Waals surface area contributed by atoms with Crippen LogP contribution in [0.25, 0.3) is 11.0 Å². The monoisotopic (exact) mass is 458 g/mol. The number of fused-ring (bicyclic) bond motifs is 3. The van der Waals surface area contributed by atoms with Crippen molar-refractivity contribution in [2.75, 3.05) is 5.32 Å². The van der Waals surface area contributed by atoms with Crippen molar-refractivity contribution in [2.45, 2.75) is 31.9 Å². The van der Waals surface area contributed by atoms with Crippen LogP contribution < -0.4 is 10.6 Å².